The van der Waals surface area contributed by atoms with E-state index in [0.717, 1.165) is 103 Å². The zero-order valence-electron chi connectivity index (χ0n) is 46.7. The normalized spacial score (nSPS) is 13.6. The third kappa shape index (κ3) is 52.6. The Labute approximate surface area is 441 Å². The van der Waals surface area contributed by atoms with Crippen molar-refractivity contribution in [3.05, 3.63) is 36.5 Å². The molecule has 0 aromatic rings. The lowest BCUT2D eigenvalue weighted by atomic mass is 10.0. The van der Waals surface area contributed by atoms with E-state index in [0.29, 0.717) is 19.3 Å². The Balaban J connectivity index is 4.70. The maximum Gasteiger partial charge on any atom is 0.472 e. The van der Waals surface area contributed by atoms with Gasteiger partial charge in [0, 0.05) is 19.3 Å². The number of phosphoric acid groups is 1. The molecule has 0 saturated carbocycles. The van der Waals surface area contributed by atoms with Gasteiger partial charge in [-0.1, -0.05) is 231 Å². The van der Waals surface area contributed by atoms with Crippen LogP contribution >= 0.6 is 7.82 Å². The van der Waals surface area contributed by atoms with E-state index in [1.165, 1.54) is 128 Å². The van der Waals surface area contributed by atoms with Crippen molar-refractivity contribution in [1.29, 1.82) is 0 Å². The number of esters is 3. The van der Waals surface area contributed by atoms with Crippen LogP contribution in [0.2, 0.25) is 0 Å². The molecule has 12 heteroatoms. The molecule has 0 aliphatic rings. The molecule has 0 saturated heterocycles. The van der Waals surface area contributed by atoms with E-state index < -0.39 is 57.8 Å². The second-order valence-corrected chi connectivity index (χ2v) is 21.6. The van der Waals surface area contributed by atoms with Crippen molar-refractivity contribution in [2.24, 2.45) is 0 Å². The van der Waals surface area contributed by atoms with Gasteiger partial charge in [0.25, 0.3) is 0 Å². The topological polar surface area (TPSA) is 155 Å². The Hall–Kier alpha value is -2.30. The first kappa shape index (κ1) is 69.7. The first-order chi connectivity index (χ1) is 35.2. The van der Waals surface area contributed by atoms with E-state index in [-0.39, 0.29) is 25.9 Å². The van der Waals surface area contributed by atoms with E-state index >= 15 is 0 Å². The third-order valence-electron chi connectivity index (χ3n) is 13.0. The largest absolute Gasteiger partial charge is 0.472 e. The number of carbonyl (C=O) groups is 3. The van der Waals surface area contributed by atoms with Crippen molar-refractivity contribution in [2.75, 3.05) is 26.4 Å². The highest BCUT2D eigenvalue weighted by Gasteiger charge is 2.28. The lowest BCUT2D eigenvalue weighted by molar-refractivity contribution is -0.161. The van der Waals surface area contributed by atoms with Gasteiger partial charge in [-0.2, -0.15) is 0 Å². The third-order valence-corrected chi connectivity index (χ3v) is 14.0. The molecule has 0 aliphatic heterocycles. The fourth-order valence-electron chi connectivity index (χ4n) is 8.44. The van der Waals surface area contributed by atoms with Crippen molar-refractivity contribution in [3.63, 3.8) is 0 Å². The van der Waals surface area contributed by atoms with E-state index in [9.17, 15) is 28.9 Å². The number of allylic oxidation sites excluding steroid dienone is 6. The Morgan fingerprint density at radius 2 is 0.681 bits per heavy atom. The number of ether oxygens (including phenoxy) is 3. The highest BCUT2D eigenvalue weighted by Crippen LogP contribution is 2.43. The van der Waals surface area contributed by atoms with Gasteiger partial charge in [-0.3, -0.25) is 23.4 Å². The second-order valence-electron chi connectivity index (χ2n) is 20.2. The number of carbonyl (C=O) groups excluding carboxylic acids is 3. The van der Waals surface area contributed by atoms with Crippen molar-refractivity contribution in [3.8, 4) is 0 Å². The van der Waals surface area contributed by atoms with Crippen molar-refractivity contribution < 1.29 is 52.2 Å². The lowest BCUT2D eigenvalue weighted by Gasteiger charge is -2.21. The van der Waals surface area contributed by atoms with E-state index in [1.54, 1.807) is 0 Å². The van der Waals surface area contributed by atoms with E-state index in [2.05, 4.69) is 57.2 Å². The average Bonchev–Trinajstić information content (AvgIpc) is 3.37. The number of rotatable bonds is 56. The quantitative estimate of drug-likeness (QED) is 0.0197. The molecule has 0 fully saturated rings. The summed E-state index contributed by atoms with van der Waals surface area (Å²) in [6.07, 6.45) is 56.6. The minimum absolute atomic E-state index is 0.155. The van der Waals surface area contributed by atoms with Crippen LogP contribution in [0.3, 0.4) is 0 Å². The maximum absolute atomic E-state index is 12.9. The molecule has 0 aromatic heterocycles. The molecule has 0 aromatic carbocycles. The van der Waals surface area contributed by atoms with Crippen LogP contribution in [0, 0.1) is 0 Å². The van der Waals surface area contributed by atoms with Crippen LogP contribution in [0.25, 0.3) is 0 Å². The fourth-order valence-corrected chi connectivity index (χ4v) is 9.23. The predicted molar refractivity (Wildman–Crippen MR) is 298 cm³/mol. The van der Waals surface area contributed by atoms with Gasteiger partial charge in [-0.05, 0) is 77.0 Å². The Morgan fingerprint density at radius 3 is 1.07 bits per heavy atom. The number of unbranched alkanes of at least 4 members (excludes halogenated alkanes) is 33. The molecule has 3 unspecified atom stereocenters. The van der Waals surface area contributed by atoms with Gasteiger partial charge in [0.2, 0.25) is 0 Å². The zero-order valence-corrected chi connectivity index (χ0v) is 47.6. The molecule has 0 aliphatic carbocycles. The summed E-state index contributed by atoms with van der Waals surface area (Å²) in [4.78, 5) is 48.6. The van der Waals surface area contributed by atoms with Gasteiger partial charge >= 0.3 is 25.7 Å². The molecule has 3 atom stereocenters. The number of hydrogen-bond donors (Lipinski definition) is 2. The summed E-state index contributed by atoms with van der Waals surface area (Å²) in [5, 5.41) is 9.82. The molecular formula is C60H111O11P. The van der Waals surface area contributed by atoms with Gasteiger partial charge in [-0.25, -0.2) is 4.57 Å². The molecule has 0 radical (unpaired) electrons. The summed E-state index contributed by atoms with van der Waals surface area (Å²) in [6, 6.07) is 0. The molecule has 72 heavy (non-hydrogen) atoms. The SMILES string of the molecule is CCCCC/C=C\C/C=C\CCCCCCCC(=O)OC(COC(=O)CCCCCCCCCCCCCCCCC)COP(=O)(O)OCC(CO)OC(=O)CCCCCCC/C=C\CCCCCCCC. The van der Waals surface area contributed by atoms with Gasteiger partial charge in [-0.15, -0.1) is 0 Å². The summed E-state index contributed by atoms with van der Waals surface area (Å²) in [6.45, 7) is 4.63. The molecular weight excluding hydrogens is 928 g/mol. The summed E-state index contributed by atoms with van der Waals surface area (Å²) < 4.78 is 39.5. The maximum atomic E-state index is 12.9. The second kappa shape index (κ2) is 54.9. The number of phosphoric ester groups is 1. The van der Waals surface area contributed by atoms with E-state index in [1.807, 2.05) is 0 Å². The summed E-state index contributed by atoms with van der Waals surface area (Å²) in [5.74, 6) is -1.47. The van der Waals surface area contributed by atoms with Crippen LogP contribution in [0.1, 0.15) is 290 Å². The standard InChI is InChI=1S/C60H111O11P/c1-4-7-10-13-16-19-22-25-28-31-34-37-40-43-46-49-58(62)67-53-57(71-60(64)51-48-45-42-39-36-33-30-27-24-21-18-15-12-9-6-3)55-69-72(65,66)68-54-56(52-61)70-59(63)50-47-44-41-38-35-32-29-26-23-20-17-14-11-8-5-2/h18,21,26-27,29-30,56-57,61H,4-17,19-20,22-25,28,31-55H2,1-3H3,(H,65,66)/b21-18-,29-26-,30-27-. The first-order valence-corrected chi connectivity index (χ1v) is 31.4. The molecule has 11 nitrogen and oxygen atoms in total. The van der Waals surface area contributed by atoms with Gasteiger partial charge in [0.05, 0.1) is 19.8 Å². The molecule has 0 amide bonds. The molecule has 0 heterocycles. The monoisotopic (exact) mass is 1040 g/mol. The highest BCUT2D eigenvalue weighted by molar-refractivity contribution is 7.47. The summed E-state index contributed by atoms with van der Waals surface area (Å²) in [5.41, 5.74) is 0. The predicted octanol–water partition coefficient (Wildman–Crippen LogP) is 17.6. The van der Waals surface area contributed by atoms with Gasteiger partial charge in [0.1, 0.15) is 12.7 Å². The van der Waals surface area contributed by atoms with E-state index in [4.69, 9.17) is 23.3 Å². The fraction of sp³-hybridized carbons (Fsp3) is 0.850. The van der Waals surface area contributed by atoms with Gasteiger partial charge in [0.15, 0.2) is 6.10 Å². The van der Waals surface area contributed by atoms with Gasteiger partial charge < -0.3 is 24.2 Å². The minimum atomic E-state index is -4.75. The first-order valence-electron chi connectivity index (χ1n) is 29.9. The summed E-state index contributed by atoms with van der Waals surface area (Å²) >= 11 is 0. The molecule has 0 rings (SSSR count). The smallest absolute Gasteiger partial charge is 0.462 e. The number of aliphatic hydroxyl groups is 1. The van der Waals surface area contributed by atoms with Crippen LogP contribution < -0.4 is 0 Å². The van der Waals surface area contributed by atoms with Crippen molar-refractivity contribution in [2.45, 2.75) is 303 Å². The van der Waals surface area contributed by atoms with Crippen molar-refractivity contribution in [1.82, 2.24) is 0 Å². The molecule has 2 N–H and O–H groups in total. The van der Waals surface area contributed by atoms with Crippen LogP contribution in [0.5, 0.6) is 0 Å². The Kier molecular flexibility index (Phi) is 53.2. The van der Waals surface area contributed by atoms with Crippen LogP contribution in [-0.2, 0) is 42.2 Å². The summed E-state index contributed by atoms with van der Waals surface area (Å²) in [7, 11) is -4.75. The number of aliphatic hydroxyl groups excluding tert-OH is 1. The molecule has 0 bridgehead atoms. The molecule has 422 valence electrons. The average molecular weight is 1040 g/mol. The van der Waals surface area contributed by atoms with Crippen LogP contribution in [0.4, 0.5) is 0 Å². The Morgan fingerprint density at radius 1 is 0.389 bits per heavy atom. The lowest BCUT2D eigenvalue weighted by Crippen LogP contribution is -2.30. The van der Waals surface area contributed by atoms with Crippen LogP contribution in [0.15, 0.2) is 36.5 Å². The Bertz CT molecular complexity index is 1350. The minimum Gasteiger partial charge on any atom is -0.462 e. The zero-order chi connectivity index (χ0) is 52.7. The molecule has 0 spiro atoms. The highest BCUT2D eigenvalue weighted by atomic mass is 31.2. The van der Waals surface area contributed by atoms with Crippen LogP contribution in [-0.4, -0.2) is 66.5 Å². The van der Waals surface area contributed by atoms with Crippen molar-refractivity contribution >= 4 is 25.7 Å². The number of hydrogen-bond acceptors (Lipinski definition) is 10.